The van der Waals surface area contributed by atoms with Crippen LogP contribution < -0.4 is 20.8 Å². The number of benzene rings is 2. The van der Waals surface area contributed by atoms with Crippen molar-refractivity contribution in [3.8, 4) is 11.4 Å². The first-order chi connectivity index (χ1) is 14.3. The molecule has 0 radical (unpaired) electrons. The Hall–Kier alpha value is -3.65. The van der Waals surface area contributed by atoms with Crippen LogP contribution in [0.4, 0.5) is 11.4 Å². The molecule has 152 valence electrons. The normalized spacial score (nSPS) is 15.0. The van der Waals surface area contributed by atoms with Crippen LogP contribution in [0.25, 0.3) is 5.69 Å². The Bertz CT molecular complexity index is 1240. The molecule has 2 N–H and O–H groups in total. The lowest BCUT2D eigenvalue weighted by molar-refractivity contribution is -0.122. The van der Waals surface area contributed by atoms with Crippen molar-refractivity contribution in [2.24, 2.45) is 0 Å². The Morgan fingerprint density at radius 3 is 2.73 bits per heavy atom. The molecule has 3 aromatic rings. The van der Waals surface area contributed by atoms with Crippen molar-refractivity contribution >= 4 is 34.8 Å². The second kappa shape index (κ2) is 7.64. The predicted octanol–water partition coefficient (Wildman–Crippen LogP) is 3.17. The molecule has 1 aliphatic heterocycles. The molecule has 0 saturated carbocycles. The lowest BCUT2D eigenvalue weighted by atomic mass is 10.2. The van der Waals surface area contributed by atoms with Gasteiger partial charge in [-0.25, -0.2) is 4.68 Å². The van der Waals surface area contributed by atoms with E-state index < -0.39 is 17.4 Å². The quantitative estimate of drug-likeness (QED) is 0.672. The van der Waals surface area contributed by atoms with E-state index in [4.69, 9.17) is 16.3 Å². The molecule has 0 spiro atoms. The summed E-state index contributed by atoms with van der Waals surface area (Å²) < 4.78 is 6.94. The van der Waals surface area contributed by atoms with Gasteiger partial charge in [-0.3, -0.25) is 14.4 Å². The van der Waals surface area contributed by atoms with Gasteiger partial charge in [-0.2, -0.15) is 5.10 Å². The summed E-state index contributed by atoms with van der Waals surface area (Å²) in [5, 5.41) is 10.00. The Balaban J connectivity index is 1.65. The zero-order valence-electron chi connectivity index (χ0n) is 16.1. The van der Waals surface area contributed by atoms with Gasteiger partial charge in [0.15, 0.2) is 11.8 Å². The zero-order chi connectivity index (χ0) is 21.4. The van der Waals surface area contributed by atoms with Crippen LogP contribution in [-0.4, -0.2) is 27.7 Å². The van der Waals surface area contributed by atoms with E-state index in [1.807, 2.05) is 0 Å². The maximum Gasteiger partial charge on any atom is 0.280 e. The third-order valence-electron chi connectivity index (χ3n) is 4.57. The molecule has 1 aliphatic rings. The average molecular weight is 425 g/mol. The largest absolute Gasteiger partial charge is 0.479 e. The number of nitrogens with one attached hydrogen (secondary N) is 2. The van der Waals surface area contributed by atoms with Gasteiger partial charge in [0, 0.05) is 17.4 Å². The van der Waals surface area contributed by atoms with Crippen molar-refractivity contribution in [3.63, 3.8) is 0 Å². The van der Waals surface area contributed by atoms with E-state index in [9.17, 15) is 14.4 Å². The number of fused-ring (bicyclic) bond motifs is 1. The summed E-state index contributed by atoms with van der Waals surface area (Å²) in [5.41, 5.74) is 1.09. The third-order valence-corrected chi connectivity index (χ3v) is 4.89. The van der Waals surface area contributed by atoms with Gasteiger partial charge in [0.05, 0.1) is 16.4 Å². The van der Waals surface area contributed by atoms with E-state index in [2.05, 4.69) is 15.7 Å². The van der Waals surface area contributed by atoms with E-state index in [-0.39, 0.29) is 11.6 Å². The van der Waals surface area contributed by atoms with Gasteiger partial charge in [-0.05, 0) is 44.2 Å². The Labute approximate surface area is 176 Å². The molecule has 1 atom stereocenters. The van der Waals surface area contributed by atoms with Crippen molar-refractivity contribution in [1.82, 2.24) is 9.78 Å². The SMILES string of the molecule is Cc1cc(=O)c(C(=O)Nc2ccc3c(c2)NC(=O)[C@@H](C)O3)nn1-c1ccccc1Cl. The van der Waals surface area contributed by atoms with Crippen LogP contribution in [0.15, 0.2) is 53.3 Å². The number of anilines is 2. The van der Waals surface area contributed by atoms with Crippen LogP contribution in [0.2, 0.25) is 5.02 Å². The van der Waals surface area contributed by atoms with Gasteiger partial charge >= 0.3 is 0 Å². The monoisotopic (exact) mass is 424 g/mol. The highest BCUT2D eigenvalue weighted by atomic mass is 35.5. The number of hydrogen-bond donors (Lipinski definition) is 2. The fourth-order valence-electron chi connectivity index (χ4n) is 3.05. The number of aryl methyl sites for hydroxylation is 1. The van der Waals surface area contributed by atoms with Crippen LogP contribution in [0.3, 0.4) is 0 Å². The van der Waals surface area contributed by atoms with Crippen molar-refractivity contribution in [3.05, 3.63) is 75.2 Å². The molecule has 0 unspecified atom stereocenters. The first kappa shape index (κ1) is 19.7. The summed E-state index contributed by atoms with van der Waals surface area (Å²) in [6, 6.07) is 13.1. The molecule has 0 aliphatic carbocycles. The van der Waals surface area contributed by atoms with Crippen LogP contribution in [0.1, 0.15) is 23.1 Å². The van der Waals surface area contributed by atoms with Crippen LogP contribution in [-0.2, 0) is 4.79 Å². The summed E-state index contributed by atoms with van der Waals surface area (Å²) in [6.45, 7) is 3.34. The smallest absolute Gasteiger partial charge is 0.280 e. The van der Waals surface area contributed by atoms with Crippen molar-refractivity contribution < 1.29 is 14.3 Å². The molecular weight excluding hydrogens is 408 g/mol. The second-order valence-corrected chi connectivity index (χ2v) is 7.18. The highest BCUT2D eigenvalue weighted by Gasteiger charge is 2.24. The van der Waals surface area contributed by atoms with Gasteiger partial charge in [0.2, 0.25) is 5.43 Å². The molecule has 0 bridgehead atoms. The maximum atomic E-state index is 12.8. The van der Waals surface area contributed by atoms with Gasteiger partial charge in [-0.15, -0.1) is 0 Å². The minimum atomic E-state index is -0.683. The summed E-state index contributed by atoms with van der Waals surface area (Å²) in [4.78, 5) is 37.0. The van der Waals surface area contributed by atoms with Gasteiger partial charge < -0.3 is 15.4 Å². The minimum absolute atomic E-state index is 0.284. The number of amides is 2. The third kappa shape index (κ3) is 3.65. The Kier molecular flexibility index (Phi) is 5.01. The van der Waals surface area contributed by atoms with E-state index in [1.165, 1.54) is 10.7 Å². The lowest BCUT2D eigenvalue weighted by Crippen LogP contribution is -2.34. The van der Waals surface area contributed by atoms with E-state index >= 15 is 0 Å². The topological polar surface area (TPSA) is 102 Å². The van der Waals surface area contributed by atoms with E-state index in [0.717, 1.165) is 0 Å². The number of carbonyl (C=O) groups excluding carboxylic acids is 2. The standard InChI is InChI=1S/C21H17ClN4O4/c1-11-9-17(27)19(25-26(11)16-6-4-3-5-14(16)22)21(29)23-13-7-8-18-15(10-13)24-20(28)12(2)30-18/h3-10,12H,1-2H3,(H,23,29)(H,24,28)/t12-/m1/s1. The van der Waals surface area contributed by atoms with Crippen molar-refractivity contribution in [2.45, 2.75) is 20.0 Å². The molecule has 2 heterocycles. The summed E-state index contributed by atoms with van der Waals surface area (Å²) in [7, 11) is 0. The molecule has 9 heteroatoms. The fraction of sp³-hybridized carbons (Fsp3) is 0.143. The van der Waals surface area contributed by atoms with E-state index in [0.29, 0.717) is 33.5 Å². The number of halogens is 1. The summed E-state index contributed by atoms with van der Waals surface area (Å²) in [5.74, 6) is -0.472. The Morgan fingerprint density at radius 2 is 1.97 bits per heavy atom. The van der Waals surface area contributed by atoms with Crippen LogP contribution in [0, 0.1) is 6.92 Å². The van der Waals surface area contributed by atoms with Crippen molar-refractivity contribution in [1.29, 1.82) is 0 Å². The molecule has 2 amide bonds. The van der Waals surface area contributed by atoms with Gasteiger partial charge in [0.25, 0.3) is 11.8 Å². The number of carbonyl (C=O) groups is 2. The van der Waals surface area contributed by atoms with Crippen LogP contribution >= 0.6 is 11.6 Å². The van der Waals surface area contributed by atoms with Crippen molar-refractivity contribution in [2.75, 3.05) is 10.6 Å². The maximum absolute atomic E-state index is 12.8. The fourth-order valence-corrected chi connectivity index (χ4v) is 3.26. The second-order valence-electron chi connectivity index (χ2n) is 6.78. The number of rotatable bonds is 3. The lowest BCUT2D eigenvalue weighted by Gasteiger charge is -2.23. The van der Waals surface area contributed by atoms with E-state index in [1.54, 1.807) is 56.3 Å². The molecule has 4 rings (SSSR count). The zero-order valence-corrected chi connectivity index (χ0v) is 16.9. The minimum Gasteiger partial charge on any atom is -0.479 e. The number of ether oxygens (including phenoxy) is 1. The molecule has 2 aromatic carbocycles. The van der Waals surface area contributed by atoms with Gasteiger partial charge in [0.1, 0.15) is 5.75 Å². The molecular formula is C21H17ClN4O4. The highest BCUT2D eigenvalue weighted by molar-refractivity contribution is 6.32. The Morgan fingerprint density at radius 1 is 1.20 bits per heavy atom. The number of para-hydroxylation sites is 1. The molecule has 8 nitrogen and oxygen atoms in total. The van der Waals surface area contributed by atoms with Crippen LogP contribution in [0.5, 0.6) is 5.75 Å². The number of hydrogen-bond acceptors (Lipinski definition) is 5. The number of nitrogens with zero attached hydrogens (tertiary/aromatic N) is 2. The summed E-state index contributed by atoms with van der Waals surface area (Å²) >= 11 is 6.24. The molecule has 1 aromatic heterocycles. The predicted molar refractivity (Wildman–Crippen MR) is 113 cm³/mol. The molecule has 0 saturated heterocycles. The highest BCUT2D eigenvalue weighted by Crippen LogP contribution is 2.32. The molecule has 0 fully saturated rings. The molecule has 30 heavy (non-hydrogen) atoms. The first-order valence-corrected chi connectivity index (χ1v) is 9.50. The average Bonchev–Trinajstić information content (AvgIpc) is 2.70. The van der Waals surface area contributed by atoms with Gasteiger partial charge in [-0.1, -0.05) is 23.7 Å². The first-order valence-electron chi connectivity index (χ1n) is 9.12. The number of aromatic nitrogens is 2. The summed E-state index contributed by atoms with van der Waals surface area (Å²) in [6.07, 6.45) is -0.599.